The monoisotopic (exact) mass is 384 g/mol. The highest BCUT2D eigenvalue weighted by molar-refractivity contribution is 6.31. The van der Waals surface area contributed by atoms with Gasteiger partial charge in [0.1, 0.15) is 0 Å². The summed E-state index contributed by atoms with van der Waals surface area (Å²) in [7, 11) is 0. The summed E-state index contributed by atoms with van der Waals surface area (Å²) in [6, 6.07) is 6.32. The number of aromatic nitrogens is 1. The Balaban J connectivity index is 1.77. The molecule has 146 valence electrons. The first-order valence-electron chi connectivity index (χ1n) is 10.3. The Morgan fingerprint density at radius 3 is 2.59 bits per heavy atom. The highest BCUT2D eigenvalue weighted by Crippen LogP contribution is 2.27. The lowest BCUT2D eigenvalue weighted by atomic mass is 10.1. The molecule has 2 heterocycles. The number of hydrogen-bond donors (Lipinski definition) is 0. The van der Waals surface area contributed by atoms with Crippen molar-refractivity contribution in [2.75, 3.05) is 13.1 Å². The van der Waals surface area contributed by atoms with Crippen LogP contribution in [0.4, 0.5) is 0 Å². The Labute approximate surface area is 169 Å². The lowest BCUT2D eigenvalue weighted by Gasteiger charge is -2.26. The number of rotatable bonds is 7. The van der Waals surface area contributed by atoms with Crippen LogP contribution in [0.25, 0.3) is 10.9 Å². The molecule has 2 aromatic rings. The van der Waals surface area contributed by atoms with Gasteiger partial charge in [-0.15, -0.1) is 0 Å². The van der Waals surface area contributed by atoms with Crippen LogP contribution in [0, 0.1) is 0 Å². The van der Waals surface area contributed by atoms with Crippen molar-refractivity contribution in [1.82, 2.24) is 9.47 Å². The predicted molar refractivity (Wildman–Crippen MR) is 118 cm³/mol. The average molecular weight is 385 g/mol. The molecule has 1 aromatic heterocycles. The summed E-state index contributed by atoms with van der Waals surface area (Å²) in [5, 5.41) is 2.14. The van der Waals surface area contributed by atoms with Gasteiger partial charge in [-0.3, -0.25) is 4.90 Å². The van der Waals surface area contributed by atoms with Gasteiger partial charge < -0.3 is 4.57 Å². The zero-order valence-corrected chi connectivity index (χ0v) is 17.9. The number of allylic oxidation sites excluding steroid dienone is 4. The second-order valence-electron chi connectivity index (χ2n) is 8.18. The van der Waals surface area contributed by atoms with Crippen LogP contribution < -0.4 is 0 Å². The van der Waals surface area contributed by atoms with Crippen molar-refractivity contribution in [3.63, 3.8) is 0 Å². The molecule has 1 saturated heterocycles. The molecule has 3 rings (SSSR count). The summed E-state index contributed by atoms with van der Waals surface area (Å²) in [5.74, 6) is 0. The minimum absolute atomic E-state index is 0.827. The summed E-state index contributed by atoms with van der Waals surface area (Å²) in [6.07, 6.45) is 13.3. The number of halogens is 1. The maximum Gasteiger partial charge on any atom is 0.0487 e. The molecule has 0 amide bonds. The molecule has 2 nitrogen and oxygen atoms in total. The van der Waals surface area contributed by atoms with Crippen molar-refractivity contribution in [3.8, 4) is 0 Å². The van der Waals surface area contributed by atoms with E-state index in [0.717, 1.165) is 31.0 Å². The van der Waals surface area contributed by atoms with E-state index in [1.807, 2.05) is 6.07 Å². The molecule has 3 heteroatoms. The van der Waals surface area contributed by atoms with E-state index >= 15 is 0 Å². The van der Waals surface area contributed by atoms with Gasteiger partial charge in [0.05, 0.1) is 0 Å². The summed E-state index contributed by atoms with van der Waals surface area (Å²) in [6.45, 7) is 11.0. The zero-order valence-electron chi connectivity index (χ0n) is 17.1. The van der Waals surface area contributed by atoms with Gasteiger partial charge in [-0.1, -0.05) is 41.3 Å². The van der Waals surface area contributed by atoms with Crippen molar-refractivity contribution in [2.45, 2.75) is 66.0 Å². The van der Waals surface area contributed by atoms with Gasteiger partial charge in [0, 0.05) is 35.2 Å². The third-order valence-corrected chi connectivity index (χ3v) is 5.73. The van der Waals surface area contributed by atoms with E-state index < -0.39 is 0 Å². The Hall–Kier alpha value is -1.51. The lowest BCUT2D eigenvalue weighted by molar-refractivity contribution is 0.221. The first kappa shape index (κ1) is 20.2. The summed E-state index contributed by atoms with van der Waals surface area (Å²) in [4.78, 5) is 2.59. The highest BCUT2D eigenvalue weighted by Gasteiger charge is 2.15. The van der Waals surface area contributed by atoms with E-state index in [0.29, 0.717) is 0 Å². The van der Waals surface area contributed by atoms with E-state index in [4.69, 9.17) is 11.6 Å². The molecule has 0 aliphatic carbocycles. The van der Waals surface area contributed by atoms with Crippen molar-refractivity contribution in [2.24, 2.45) is 0 Å². The molecule has 1 fully saturated rings. The van der Waals surface area contributed by atoms with Gasteiger partial charge in [0.25, 0.3) is 0 Å². The van der Waals surface area contributed by atoms with Crippen molar-refractivity contribution >= 4 is 22.5 Å². The second-order valence-corrected chi connectivity index (χ2v) is 8.61. The van der Waals surface area contributed by atoms with E-state index in [1.165, 1.54) is 60.0 Å². The average Bonchev–Trinajstić information content (AvgIpc) is 2.97. The van der Waals surface area contributed by atoms with Crippen LogP contribution in [0.3, 0.4) is 0 Å². The Morgan fingerprint density at radius 1 is 1.07 bits per heavy atom. The number of fused-ring (bicyclic) bond motifs is 1. The van der Waals surface area contributed by atoms with Crippen molar-refractivity contribution < 1.29 is 0 Å². The summed E-state index contributed by atoms with van der Waals surface area (Å²) >= 11 is 6.31. The van der Waals surface area contributed by atoms with Gasteiger partial charge in [-0.25, -0.2) is 0 Å². The van der Waals surface area contributed by atoms with Gasteiger partial charge in [-0.05, 0) is 83.3 Å². The second kappa shape index (κ2) is 9.61. The van der Waals surface area contributed by atoms with Crippen LogP contribution in [-0.2, 0) is 13.1 Å². The fourth-order valence-corrected chi connectivity index (χ4v) is 4.10. The minimum atomic E-state index is 0.827. The fourth-order valence-electron chi connectivity index (χ4n) is 3.92. The Bertz CT molecular complexity index is 818. The molecule has 1 aliphatic heterocycles. The molecule has 0 saturated carbocycles. The number of likely N-dealkylation sites (tertiary alicyclic amines) is 1. The predicted octanol–water partition coefficient (Wildman–Crippen LogP) is 6.97. The number of piperidine rings is 1. The molecule has 0 radical (unpaired) electrons. The smallest absolute Gasteiger partial charge is 0.0487 e. The highest BCUT2D eigenvalue weighted by atomic mass is 35.5. The standard InChI is InChI=1S/C24H33ClN2/c1-19(2)8-7-9-20(3)12-15-27-18-21(17-26-13-5-4-6-14-26)23-16-22(25)10-11-24(23)27/h8,10-12,16,18H,4-7,9,13-15,17H2,1-3H3/b20-12+. The molecular formula is C24H33ClN2. The minimum Gasteiger partial charge on any atom is -0.343 e. The Kier molecular flexibility index (Phi) is 7.20. The van der Waals surface area contributed by atoms with Crippen LogP contribution in [0.15, 0.2) is 47.7 Å². The van der Waals surface area contributed by atoms with Gasteiger partial charge in [0.2, 0.25) is 0 Å². The maximum atomic E-state index is 6.31. The van der Waals surface area contributed by atoms with Gasteiger partial charge in [-0.2, -0.15) is 0 Å². The largest absolute Gasteiger partial charge is 0.343 e. The Morgan fingerprint density at radius 2 is 1.85 bits per heavy atom. The molecule has 0 bridgehead atoms. The van der Waals surface area contributed by atoms with Crippen LogP contribution in [0.5, 0.6) is 0 Å². The molecular weight excluding hydrogens is 352 g/mol. The zero-order chi connectivity index (χ0) is 19.2. The molecule has 1 aromatic carbocycles. The fraction of sp³-hybridized carbons (Fsp3) is 0.500. The third kappa shape index (κ3) is 5.73. The van der Waals surface area contributed by atoms with Gasteiger partial charge in [0.15, 0.2) is 0 Å². The third-order valence-electron chi connectivity index (χ3n) is 5.50. The first-order valence-corrected chi connectivity index (χ1v) is 10.7. The number of benzene rings is 1. The molecule has 0 unspecified atom stereocenters. The van der Waals surface area contributed by atoms with Crippen LogP contribution >= 0.6 is 11.6 Å². The van der Waals surface area contributed by atoms with Crippen molar-refractivity contribution in [3.05, 3.63) is 58.3 Å². The molecule has 0 N–H and O–H groups in total. The molecule has 27 heavy (non-hydrogen) atoms. The van der Waals surface area contributed by atoms with E-state index in [-0.39, 0.29) is 0 Å². The summed E-state index contributed by atoms with van der Waals surface area (Å²) < 4.78 is 2.38. The van der Waals surface area contributed by atoms with Crippen molar-refractivity contribution in [1.29, 1.82) is 0 Å². The van der Waals surface area contributed by atoms with Crippen LogP contribution in [-0.4, -0.2) is 22.6 Å². The lowest BCUT2D eigenvalue weighted by Crippen LogP contribution is -2.28. The normalized spacial score (nSPS) is 16.1. The number of nitrogens with zero attached hydrogens (tertiary/aromatic N) is 2. The van der Waals surface area contributed by atoms with Gasteiger partial charge >= 0.3 is 0 Å². The van der Waals surface area contributed by atoms with Crippen LogP contribution in [0.1, 0.15) is 58.4 Å². The van der Waals surface area contributed by atoms with Crippen LogP contribution in [0.2, 0.25) is 5.02 Å². The number of hydrogen-bond acceptors (Lipinski definition) is 1. The molecule has 0 spiro atoms. The molecule has 0 atom stereocenters. The quantitative estimate of drug-likeness (QED) is 0.467. The molecule has 1 aliphatic rings. The SMILES string of the molecule is CC(C)=CCC/C(C)=C/Cn1cc(CN2CCCCC2)c2cc(Cl)ccc21. The van der Waals surface area contributed by atoms with E-state index in [1.54, 1.807) is 0 Å². The van der Waals surface area contributed by atoms with E-state index in [9.17, 15) is 0 Å². The topological polar surface area (TPSA) is 8.17 Å². The summed E-state index contributed by atoms with van der Waals surface area (Å²) in [5.41, 5.74) is 5.56. The first-order chi connectivity index (χ1) is 13.0. The maximum absolute atomic E-state index is 6.31. The van der Waals surface area contributed by atoms with E-state index in [2.05, 4.69) is 60.7 Å².